The lowest BCUT2D eigenvalue weighted by molar-refractivity contribution is 0.546. The molecule has 0 aliphatic rings. The highest BCUT2D eigenvalue weighted by Crippen LogP contribution is 2.07. The van der Waals surface area contributed by atoms with E-state index in [0.29, 0.717) is 6.04 Å². The van der Waals surface area contributed by atoms with E-state index in [-0.39, 0.29) is 0 Å². The SMILES string of the molecule is CC#CCNC(C)CCc1ccc(C)cc1. The van der Waals surface area contributed by atoms with E-state index in [1.165, 1.54) is 11.1 Å². The van der Waals surface area contributed by atoms with Crippen molar-refractivity contribution in [1.29, 1.82) is 0 Å². The van der Waals surface area contributed by atoms with Crippen LogP contribution in [0.25, 0.3) is 0 Å². The third-order valence-corrected chi connectivity index (χ3v) is 2.70. The molecule has 0 aromatic heterocycles. The number of aryl methyl sites for hydroxylation is 2. The minimum Gasteiger partial charge on any atom is -0.304 e. The molecule has 1 aromatic rings. The molecule has 1 N–H and O–H groups in total. The first-order valence-corrected chi connectivity index (χ1v) is 5.91. The normalized spacial score (nSPS) is 11.7. The van der Waals surface area contributed by atoms with E-state index in [9.17, 15) is 0 Å². The quantitative estimate of drug-likeness (QED) is 0.745. The Morgan fingerprint density at radius 1 is 1.25 bits per heavy atom. The van der Waals surface area contributed by atoms with E-state index in [1.54, 1.807) is 0 Å². The molecule has 0 fully saturated rings. The van der Waals surface area contributed by atoms with Gasteiger partial charge in [-0.2, -0.15) is 0 Å². The first-order chi connectivity index (χ1) is 7.72. The van der Waals surface area contributed by atoms with Gasteiger partial charge in [0.25, 0.3) is 0 Å². The van der Waals surface area contributed by atoms with Gasteiger partial charge in [0.05, 0.1) is 6.54 Å². The van der Waals surface area contributed by atoms with Crippen molar-refractivity contribution in [2.75, 3.05) is 6.54 Å². The van der Waals surface area contributed by atoms with Crippen LogP contribution in [0.2, 0.25) is 0 Å². The number of benzene rings is 1. The van der Waals surface area contributed by atoms with Gasteiger partial charge in [0.1, 0.15) is 0 Å². The van der Waals surface area contributed by atoms with Gasteiger partial charge in [-0.05, 0) is 39.2 Å². The van der Waals surface area contributed by atoms with E-state index in [2.05, 4.69) is 55.3 Å². The molecule has 1 rings (SSSR count). The Balaban J connectivity index is 2.27. The third-order valence-electron chi connectivity index (χ3n) is 2.70. The number of nitrogens with one attached hydrogen (secondary N) is 1. The first kappa shape index (κ1) is 12.8. The second-order valence-corrected chi connectivity index (χ2v) is 4.23. The molecule has 0 aliphatic carbocycles. The van der Waals surface area contributed by atoms with Crippen LogP contribution in [-0.2, 0) is 6.42 Å². The molecule has 0 saturated carbocycles. The van der Waals surface area contributed by atoms with Crippen LogP contribution in [0.1, 0.15) is 31.4 Å². The van der Waals surface area contributed by atoms with Gasteiger partial charge in [0, 0.05) is 6.04 Å². The Morgan fingerprint density at radius 3 is 2.56 bits per heavy atom. The van der Waals surface area contributed by atoms with Crippen LogP contribution >= 0.6 is 0 Å². The van der Waals surface area contributed by atoms with E-state index in [4.69, 9.17) is 0 Å². The molecule has 1 aromatic carbocycles. The van der Waals surface area contributed by atoms with Crippen molar-refractivity contribution in [3.05, 3.63) is 35.4 Å². The summed E-state index contributed by atoms with van der Waals surface area (Å²) in [6.45, 7) is 7.01. The average Bonchev–Trinajstić information content (AvgIpc) is 2.29. The third kappa shape index (κ3) is 5.00. The molecule has 1 atom stereocenters. The summed E-state index contributed by atoms with van der Waals surface area (Å²) in [6, 6.07) is 9.32. The van der Waals surface area contributed by atoms with Gasteiger partial charge in [-0.25, -0.2) is 0 Å². The van der Waals surface area contributed by atoms with E-state index >= 15 is 0 Å². The van der Waals surface area contributed by atoms with Crippen LogP contribution in [0.15, 0.2) is 24.3 Å². The molecular formula is C15H21N. The zero-order valence-electron chi connectivity index (χ0n) is 10.5. The minimum atomic E-state index is 0.530. The standard InChI is InChI=1S/C15H21N/c1-4-5-12-16-14(3)8-11-15-9-6-13(2)7-10-15/h6-7,9-10,14,16H,8,11-12H2,1-3H3. The highest BCUT2D eigenvalue weighted by atomic mass is 14.9. The van der Waals surface area contributed by atoms with Crippen molar-refractivity contribution >= 4 is 0 Å². The van der Waals surface area contributed by atoms with Crippen molar-refractivity contribution in [3.8, 4) is 11.8 Å². The van der Waals surface area contributed by atoms with Crippen molar-refractivity contribution in [3.63, 3.8) is 0 Å². The number of hydrogen-bond acceptors (Lipinski definition) is 1. The summed E-state index contributed by atoms with van der Waals surface area (Å²) < 4.78 is 0. The first-order valence-electron chi connectivity index (χ1n) is 5.91. The van der Waals surface area contributed by atoms with Crippen molar-refractivity contribution in [2.45, 2.75) is 39.7 Å². The second kappa shape index (κ2) is 7.09. The Hall–Kier alpha value is -1.26. The largest absolute Gasteiger partial charge is 0.304 e. The fourth-order valence-corrected chi connectivity index (χ4v) is 1.55. The molecule has 0 spiro atoms. The smallest absolute Gasteiger partial charge is 0.0578 e. The predicted molar refractivity (Wildman–Crippen MR) is 70.4 cm³/mol. The number of hydrogen-bond donors (Lipinski definition) is 1. The molecular weight excluding hydrogens is 194 g/mol. The monoisotopic (exact) mass is 215 g/mol. The minimum absolute atomic E-state index is 0.530. The van der Waals surface area contributed by atoms with Gasteiger partial charge >= 0.3 is 0 Å². The van der Waals surface area contributed by atoms with Gasteiger partial charge in [-0.3, -0.25) is 0 Å². The summed E-state index contributed by atoms with van der Waals surface area (Å²) in [5.74, 6) is 5.91. The van der Waals surface area contributed by atoms with Gasteiger partial charge < -0.3 is 5.32 Å². The van der Waals surface area contributed by atoms with Crippen LogP contribution < -0.4 is 5.32 Å². The fraction of sp³-hybridized carbons (Fsp3) is 0.467. The summed E-state index contributed by atoms with van der Waals surface area (Å²) in [5.41, 5.74) is 2.74. The molecule has 1 unspecified atom stereocenters. The highest BCUT2D eigenvalue weighted by Gasteiger charge is 2.00. The molecule has 1 heteroatoms. The van der Waals surface area contributed by atoms with Crippen LogP contribution in [0.3, 0.4) is 0 Å². The Bertz CT molecular complexity index is 353. The predicted octanol–water partition coefficient (Wildman–Crippen LogP) is 2.93. The van der Waals surface area contributed by atoms with E-state index in [1.807, 2.05) is 6.92 Å². The van der Waals surface area contributed by atoms with Crippen molar-refractivity contribution in [1.82, 2.24) is 5.32 Å². The Morgan fingerprint density at radius 2 is 1.94 bits per heavy atom. The summed E-state index contributed by atoms with van der Waals surface area (Å²) >= 11 is 0. The van der Waals surface area contributed by atoms with Gasteiger partial charge in [-0.15, -0.1) is 5.92 Å². The van der Waals surface area contributed by atoms with Gasteiger partial charge in [0.15, 0.2) is 0 Å². The molecule has 0 radical (unpaired) electrons. The summed E-state index contributed by atoms with van der Waals surface area (Å²) in [5, 5.41) is 3.39. The maximum absolute atomic E-state index is 3.39. The lowest BCUT2D eigenvalue weighted by Crippen LogP contribution is -2.26. The van der Waals surface area contributed by atoms with E-state index in [0.717, 1.165) is 19.4 Å². The molecule has 0 aliphatic heterocycles. The topological polar surface area (TPSA) is 12.0 Å². The van der Waals surface area contributed by atoms with Crippen molar-refractivity contribution in [2.24, 2.45) is 0 Å². The fourth-order valence-electron chi connectivity index (χ4n) is 1.55. The average molecular weight is 215 g/mol. The molecule has 0 bridgehead atoms. The highest BCUT2D eigenvalue weighted by molar-refractivity contribution is 5.21. The van der Waals surface area contributed by atoms with Gasteiger partial charge in [-0.1, -0.05) is 35.7 Å². The van der Waals surface area contributed by atoms with Crippen LogP contribution in [0.5, 0.6) is 0 Å². The zero-order valence-corrected chi connectivity index (χ0v) is 10.5. The molecule has 0 saturated heterocycles. The Kier molecular flexibility index (Phi) is 5.67. The lowest BCUT2D eigenvalue weighted by Gasteiger charge is -2.11. The van der Waals surface area contributed by atoms with Crippen molar-refractivity contribution < 1.29 is 0 Å². The maximum Gasteiger partial charge on any atom is 0.0578 e. The van der Waals surface area contributed by atoms with Crippen LogP contribution in [0.4, 0.5) is 0 Å². The molecule has 0 amide bonds. The van der Waals surface area contributed by atoms with Crippen LogP contribution in [0, 0.1) is 18.8 Å². The molecule has 1 nitrogen and oxygen atoms in total. The van der Waals surface area contributed by atoms with Crippen LogP contribution in [-0.4, -0.2) is 12.6 Å². The summed E-state index contributed by atoms with van der Waals surface area (Å²) in [4.78, 5) is 0. The molecule has 16 heavy (non-hydrogen) atoms. The summed E-state index contributed by atoms with van der Waals surface area (Å²) in [7, 11) is 0. The molecule has 86 valence electrons. The lowest BCUT2D eigenvalue weighted by atomic mass is 10.0. The van der Waals surface area contributed by atoms with Gasteiger partial charge in [0.2, 0.25) is 0 Å². The Labute approximate surface area is 99.3 Å². The summed E-state index contributed by atoms with van der Waals surface area (Å²) in [6.07, 6.45) is 2.29. The van der Waals surface area contributed by atoms with E-state index < -0.39 is 0 Å². The molecule has 0 heterocycles. The maximum atomic E-state index is 3.39. The number of rotatable bonds is 5. The second-order valence-electron chi connectivity index (χ2n) is 4.23. The zero-order chi connectivity index (χ0) is 11.8.